The maximum Gasteiger partial charge on any atom is 0.573 e. The quantitative estimate of drug-likeness (QED) is 0.805. The lowest BCUT2D eigenvalue weighted by atomic mass is 10.1. The summed E-state index contributed by atoms with van der Waals surface area (Å²) in [4.78, 5) is 3.28. The molecule has 1 rings (SSSR count). The summed E-state index contributed by atoms with van der Waals surface area (Å²) in [5.41, 5.74) is -2.47. The van der Waals surface area contributed by atoms with Crippen molar-refractivity contribution < 1.29 is 35.8 Å². The van der Waals surface area contributed by atoms with Gasteiger partial charge < -0.3 is 9.47 Å². The molecule has 20 heavy (non-hydrogen) atoms. The first-order valence-corrected chi connectivity index (χ1v) is 4.86. The van der Waals surface area contributed by atoms with Crippen LogP contribution in [0.25, 0.3) is 0 Å². The first-order valence-electron chi connectivity index (χ1n) is 4.86. The van der Waals surface area contributed by atoms with Crippen molar-refractivity contribution in [1.82, 2.24) is 4.98 Å². The third-order valence-corrected chi connectivity index (χ3v) is 2.04. The molecule has 1 aromatic heterocycles. The van der Waals surface area contributed by atoms with Crippen LogP contribution in [0.2, 0.25) is 0 Å². The summed E-state index contributed by atoms with van der Waals surface area (Å²) in [7, 11) is 0.843. The molecular weight excluding hydrogens is 294 g/mol. The van der Waals surface area contributed by atoms with E-state index in [1.165, 1.54) is 6.07 Å². The largest absolute Gasteiger partial charge is 0.573 e. The van der Waals surface area contributed by atoms with E-state index in [1.54, 1.807) is 0 Å². The Morgan fingerprint density at radius 2 is 1.85 bits per heavy atom. The summed E-state index contributed by atoms with van der Waals surface area (Å²) in [5, 5.41) is 8.42. The normalized spacial score (nSPS) is 11.9. The molecule has 0 spiro atoms. The average molecular weight is 300 g/mol. The lowest BCUT2D eigenvalue weighted by Crippen LogP contribution is -2.22. The Kier molecular flexibility index (Phi) is 4.32. The van der Waals surface area contributed by atoms with E-state index in [-0.39, 0.29) is 0 Å². The van der Waals surface area contributed by atoms with Crippen LogP contribution in [-0.4, -0.2) is 18.5 Å². The van der Waals surface area contributed by atoms with Crippen LogP contribution in [0.15, 0.2) is 6.20 Å². The van der Waals surface area contributed by atoms with Gasteiger partial charge in [-0.1, -0.05) is 0 Å². The van der Waals surface area contributed by atoms with Crippen molar-refractivity contribution >= 4 is 0 Å². The van der Waals surface area contributed by atoms with Crippen LogP contribution < -0.4 is 9.47 Å². The summed E-state index contributed by atoms with van der Waals surface area (Å²) < 4.78 is 83.0. The molecule has 0 aromatic carbocycles. The zero-order valence-corrected chi connectivity index (χ0v) is 9.76. The minimum Gasteiger partial charge on any atom is -0.478 e. The van der Waals surface area contributed by atoms with Gasteiger partial charge in [-0.25, -0.2) is 4.98 Å². The van der Waals surface area contributed by atoms with Crippen molar-refractivity contribution in [3.05, 3.63) is 17.3 Å². The van der Waals surface area contributed by atoms with Crippen molar-refractivity contribution in [3.63, 3.8) is 0 Å². The maximum absolute atomic E-state index is 12.9. The van der Waals surface area contributed by atoms with Crippen molar-refractivity contribution in [2.75, 3.05) is 7.11 Å². The lowest BCUT2D eigenvalue weighted by molar-refractivity contribution is -0.276. The Balaban J connectivity index is 3.57. The van der Waals surface area contributed by atoms with E-state index in [9.17, 15) is 26.3 Å². The fraction of sp³-hybridized carbons (Fsp3) is 0.400. The highest BCUT2D eigenvalue weighted by Crippen LogP contribution is 2.44. The molecule has 0 amide bonds. The molecule has 0 N–H and O–H groups in total. The van der Waals surface area contributed by atoms with Gasteiger partial charge in [0, 0.05) is 11.8 Å². The number of rotatable bonds is 3. The SMILES string of the molecule is COc1ncc(CC#N)c(C(F)(F)F)c1OC(F)(F)F. The smallest absolute Gasteiger partial charge is 0.478 e. The number of hydrogen-bond donors (Lipinski definition) is 0. The van der Waals surface area contributed by atoms with Crippen LogP contribution in [0.3, 0.4) is 0 Å². The third-order valence-electron chi connectivity index (χ3n) is 2.04. The molecule has 10 heteroatoms. The van der Waals surface area contributed by atoms with Gasteiger partial charge in [-0.3, -0.25) is 0 Å². The number of ether oxygens (including phenoxy) is 2. The highest BCUT2D eigenvalue weighted by Gasteiger charge is 2.43. The summed E-state index contributed by atoms with van der Waals surface area (Å²) in [6, 6.07) is 1.41. The Morgan fingerprint density at radius 1 is 1.25 bits per heavy atom. The number of nitrogens with zero attached hydrogens (tertiary/aromatic N) is 2. The fourth-order valence-corrected chi connectivity index (χ4v) is 1.40. The molecule has 0 bridgehead atoms. The maximum atomic E-state index is 12.9. The van der Waals surface area contributed by atoms with Gasteiger partial charge in [0.15, 0.2) is 0 Å². The number of methoxy groups -OCH3 is 1. The highest BCUT2D eigenvalue weighted by molar-refractivity contribution is 5.48. The molecule has 0 radical (unpaired) electrons. The molecule has 0 aliphatic carbocycles. The Bertz CT molecular complexity index is 532. The topological polar surface area (TPSA) is 55.1 Å². The standard InChI is InChI=1S/C10H6F6N2O2/c1-19-8-7(20-10(14,15)16)6(9(11,12)13)5(2-3-17)4-18-8/h4H,2H2,1H3. The number of alkyl halides is 6. The molecule has 4 nitrogen and oxygen atoms in total. The van der Waals surface area contributed by atoms with Crippen LogP contribution >= 0.6 is 0 Å². The van der Waals surface area contributed by atoms with E-state index in [2.05, 4.69) is 14.5 Å². The molecule has 110 valence electrons. The second-order valence-electron chi connectivity index (χ2n) is 3.38. The van der Waals surface area contributed by atoms with E-state index in [1.807, 2.05) is 0 Å². The van der Waals surface area contributed by atoms with E-state index in [4.69, 9.17) is 5.26 Å². The second kappa shape index (κ2) is 5.44. The summed E-state index contributed by atoms with van der Waals surface area (Å²) >= 11 is 0. The predicted octanol–water partition coefficient (Wildman–Crippen LogP) is 3.07. The zero-order chi connectivity index (χ0) is 15.6. The third kappa shape index (κ3) is 3.66. The first-order chi connectivity index (χ1) is 9.10. The number of nitriles is 1. The summed E-state index contributed by atoms with van der Waals surface area (Å²) in [6.07, 6.45) is -10.7. The molecule has 0 saturated heterocycles. The van der Waals surface area contributed by atoms with Gasteiger partial charge in [0.25, 0.3) is 5.88 Å². The van der Waals surface area contributed by atoms with Crippen LogP contribution in [-0.2, 0) is 12.6 Å². The molecule has 1 heterocycles. The van der Waals surface area contributed by atoms with E-state index in [0.717, 1.165) is 7.11 Å². The van der Waals surface area contributed by atoms with Gasteiger partial charge in [-0.15, -0.1) is 13.2 Å². The minimum absolute atomic E-state index is 0.619. The fourth-order valence-electron chi connectivity index (χ4n) is 1.40. The van der Waals surface area contributed by atoms with E-state index < -0.39 is 41.7 Å². The van der Waals surface area contributed by atoms with Crippen molar-refractivity contribution in [2.45, 2.75) is 19.0 Å². The van der Waals surface area contributed by atoms with Crippen molar-refractivity contribution in [3.8, 4) is 17.7 Å². The average Bonchev–Trinajstić information content (AvgIpc) is 2.25. The highest BCUT2D eigenvalue weighted by atomic mass is 19.4. The predicted molar refractivity (Wildman–Crippen MR) is 51.8 cm³/mol. The van der Waals surface area contributed by atoms with Gasteiger partial charge in [-0.2, -0.15) is 18.4 Å². The zero-order valence-electron chi connectivity index (χ0n) is 9.76. The number of hydrogen-bond acceptors (Lipinski definition) is 4. The van der Waals surface area contributed by atoms with Gasteiger partial charge in [-0.05, 0) is 0 Å². The van der Waals surface area contributed by atoms with Crippen LogP contribution in [0.5, 0.6) is 11.6 Å². The van der Waals surface area contributed by atoms with E-state index in [0.29, 0.717) is 6.20 Å². The lowest BCUT2D eigenvalue weighted by Gasteiger charge is -2.19. The van der Waals surface area contributed by atoms with Crippen LogP contribution in [0.4, 0.5) is 26.3 Å². The summed E-state index contributed by atoms with van der Waals surface area (Å²) in [5.74, 6) is -2.59. The van der Waals surface area contributed by atoms with Crippen LogP contribution in [0.1, 0.15) is 11.1 Å². The molecule has 1 aromatic rings. The number of aromatic nitrogens is 1. The minimum atomic E-state index is -5.36. The second-order valence-corrected chi connectivity index (χ2v) is 3.38. The number of pyridine rings is 1. The van der Waals surface area contributed by atoms with Crippen molar-refractivity contribution in [1.29, 1.82) is 5.26 Å². The molecular formula is C10H6F6N2O2. The van der Waals surface area contributed by atoms with Gasteiger partial charge >= 0.3 is 12.5 Å². The Hall–Kier alpha value is -2.18. The summed E-state index contributed by atoms with van der Waals surface area (Å²) in [6.45, 7) is 0. The van der Waals surface area contributed by atoms with Gasteiger partial charge in [0.2, 0.25) is 5.75 Å². The molecule has 0 aliphatic rings. The van der Waals surface area contributed by atoms with Gasteiger partial charge in [0.1, 0.15) is 5.56 Å². The molecule has 0 fully saturated rings. The molecule has 0 unspecified atom stereocenters. The Labute approximate surface area is 108 Å². The number of halogens is 6. The van der Waals surface area contributed by atoms with E-state index >= 15 is 0 Å². The molecule has 0 atom stereocenters. The molecule has 0 saturated carbocycles. The van der Waals surface area contributed by atoms with Gasteiger partial charge in [0.05, 0.1) is 19.6 Å². The first kappa shape index (κ1) is 15.9. The monoisotopic (exact) mass is 300 g/mol. The Morgan fingerprint density at radius 3 is 2.25 bits per heavy atom. The van der Waals surface area contributed by atoms with Crippen molar-refractivity contribution in [2.24, 2.45) is 0 Å². The van der Waals surface area contributed by atoms with Crippen LogP contribution in [0, 0.1) is 11.3 Å². The molecule has 0 aliphatic heterocycles.